The molecule has 3 heteroatoms. The minimum Gasteiger partial charge on any atom is -0.313 e. The van der Waals surface area contributed by atoms with E-state index in [2.05, 4.69) is 18.8 Å². The fourth-order valence-electron chi connectivity index (χ4n) is 1.76. The predicted octanol–water partition coefficient (Wildman–Crippen LogP) is 3.97. The second kappa shape index (κ2) is 7.46. The Morgan fingerprint density at radius 3 is 2.94 bits per heavy atom. The van der Waals surface area contributed by atoms with E-state index in [0.717, 1.165) is 19.4 Å². The highest BCUT2D eigenvalue weighted by Gasteiger charge is 2.12. The normalized spacial score (nSPS) is 12.4. The molecule has 0 fully saturated rings. The fourth-order valence-corrected chi connectivity index (χ4v) is 1.95. The maximum atomic E-state index is 13.7. The van der Waals surface area contributed by atoms with Crippen molar-refractivity contribution in [1.82, 2.24) is 5.32 Å². The fraction of sp³-hybridized carbons (Fsp3) is 0.429. The third-order valence-corrected chi connectivity index (χ3v) is 2.92. The monoisotopic (exact) mass is 255 g/mol. The Kier molecular flexibility index (Phi) is 6.23. The summed E-state index contributed by atoms with van der Waals surface area (Å²) in [5.74, 6) is -0.304. The molecular formula is C14H19ClFN. The summed E-state index contributed by atoms with van der Waals surface area (Å²) in [4.78, 5) is 0. The van der Waals surface area contributed by atoms with Gasteiger partial charge in [-0.25, -0.2) is 4.39 Å². The van der Waals surface area contributed by atoms with Crippen molar-refractivity contribution in [1.29, 1.82) is 0 Å². The summed E-state index contributed by atoms with van der Waals surface area (Å²) in [7, 11) is 0. The minimum atomic E-state index is -0.304. The molecule has 1 nitrogen and oxygen atoms in total. The lowest BCUT2D eigenvalue weighted by molar-refractivity contribution is 0.499. The summed E-state index contributed by atoms with van der Waals surface area (Å²) >= 11 is 5.76. The van der Waals surface area contributed by atoms with Crippen LogP contribution in [0.3, 0.4) is 0 Å². The Labute approximate surface area is 108 Å². The zero-order valence-corrected chi connectivity index (χ0v) is 10.9. The molecule has 17 heavy (non-hydrogen) atoms. The van der Waals surface area contributed by atoms with Gasteiger partial charge in [0.1, 0.15) is 5.82 Å². The molecule has 0 aromatic heterocycles. The molecule has 0 amide bonds. The maximum Gasteiger partial charge on any atom is 0.145 e. The van der Waals surface area contributed by atoms with Gasteiger partial charge >= 0.3 is 0 Å². The molecule has 0 aliphatic heterocycles. The first kappa shape index (κ1) is 14.2. The lowest BCUT2D eigenvalue weighted by Gasteiger charge is -2.17. The summed E-state index contributed by atoms with van der Waals surface area (Å²) < 4.78 is 13.7. The molecule has 1 unspecified atom stereocenters. The van der Waals surface area contributed by atoms with Crippen LogP contribution in [-0.2, 0) is 6.42 Å². The van der Waals surface area contributed by atoms with Gasteiger partial charge in [0.15, 0.2) is 0 Å². The van der Waals surface area contributed by atoms with Gasteiger partial charge in [0.05, 0.1) is 5.02 Å². The van der Waals surface area contributed by atoms with Crippen molar-refractivity contribution in [3.8, 4) is 0 Å². The standard InChI is InChI=1S/C14H19ClFN/c1-3-6-12(17-9-4-2)10-11-7-5-8-13(15)14(11)16/h3,5,7-8,12,17H,1,4,6,9-10H2,2H3. The SMILES string of the molecule is C=CCC(Cc1cccc(Cl)c1F)NCCC. The molecule has 0 spiro atoms. The number of hydrogen-bond acceptors (Lipinski definition) is 1. The molecule has 0 aliphatic carbocycles. The Morgan fingerprint density at radius 1 is 1.53 bits per heavy atom. The van der Waals surface area contributed by atoms with Crippen molar-refractivity contribution in [3.05, 3.63) is 47.3 Å². The first-order valence-electron chi connectivity index (χ1n) is 5.96. The van der Waals surface area contributed by atoms with E-state index in [1.54, 1.807) is 18.2 Å². The van der Waals surface area contributed by atoms with Crippen molar-refractivity contribution in [2.45, 2.75) is 32.2 Å². The highest BCUT2D eigenvalue weighted by atomic mass is 35.5. The van der Waals surface area contributed by atoms with E-state index >= 15 is 0 Å². The molecule has 0 bridgehead atoms. The quantitative estimate of drug-likeness (QED) is 0.727. The van der Waals surface area contributed by atoms with Crippen LogP contribution in [0, 0.1) is 5.82 Å². The molecule has 1 atom stereocenters. The van der Waals surface area contributed by atoms with Crippen LogP contribution in [0.4, 0.5) is 4.39 Å². The average molecular weight is 256 g/mol. The summed E-state index contributed by atoms with van der Waals surface area (Å²) in [5, 5.41) is 3.57. The number of hydrogen-bond donors (Lipinski definition) is 1. The molecule has 0 saturated carbocycles. The molecule has 0 heterocycles. The topological polar surface area (TPSA) is 12.0 Å². The van der Waals surface area contributed by atoms with Gasteiger partial charge in [-0.1, -0.05) is 36.7 Å². The molecule has 94 valence electrons. The van der Waals surface area contributed by atoms with Crippen molar-refractivity contribution in [2.24, 2.45) is 0 Å². The van der Waals surface area contributed by atoms with Crippen LogP contribution in [0.1, 0.15) is 25.3 Å². The zero-order chi connectivity index (χ0) is 12.7. The van der Waals surface area contributed by atoms with E-state index in [1.165, 1.54) is 0 Å². The van der Waals surface area contributed by atoms with E-state index in [0.29, 0.717) is 12.0 Å². The average Bonchev–Trinajstić information content (AvgIpc) is 2.32. The second-order valence-electron chi connectivity index (χ2n) is 4.09. The van der Waals surface area contributed by atoms with E-state index in [1.807, 2.05) is 6.08 Å². The van der Waals surface area contributed by atoms with Crippen LogP contribution in [0.15, 0.2) is 30.9 Å². The largest absolute Gasteiger partial charge is 0.313 e. The van der Waals surface area contributed by atoms with Gasteiger partial charge in [-0.3, -0.25) is 0 Å². The van der Waals surface area contributed by atoms with Crippen LogP contribution in [0.2, 0.25) is 5.02 Å². The van der Waals surface area contributed by atoms with E-state index in [-0.39, 0.29) is 16.9 Å². The number of nitrogens with one attached hydrogen (secondary N) is 1. The maximum absolute atomic E-state index is 13.7. The molecule has 0 aliphatic rings. The summed E-state index contributed by atoms with van der Waals surface area (Å²) in [6, 6.07) is 5.36. The molecule has 1 N–H and O–H groups in total. The lowest BCUT2D eigenvalue weighted by Crippen LogP contribution is -2.31. The minimum absolute atomic E-state index is 0.190. The van der Waals surface area contributed by atoms with Gasteiger partial charge in [-0.05, 0) is 37.4 Å². The third kappa shape index (κ3) is 4.49. The van der Waals surface area contributed by atoms with E-state index in [9.17, 15) is 4.39 Å². The van der Waals surface area contributed by atoms with Crippen molar-refractivity contribution in [3.63, 3.8) is 0 Å². The number of benzene rings is 1. The van der Waals surface area contributed by atoms with Gasteiger partial charge in [0.25, 0.3) is 0 Å². The summed E-state index contributed by atoms with van der Waals surface area (Å²) in [6.07, 6.45) is 4.38. The van der Waals surface area contributed by atoms with Crippen LogP contribution in [-0.4, -0.2) is 12.6 Å². The van der Waals surface area contributed by atoms with Gasteiger partial charge in [-0.15, -0.1) is 6.58 Å². The first-order chi connectivity index (χ1) is 8.19. The van der Waals surface area contributed by atoms with Crippen LogP contribution < -0.4 is 5.32 Å². The predicted molar refractivity (Wildman–Crippen MR) is 72.0 cm³/mol. The van der Waals surface area contributed by atoms with Crippen LogP contribution in [0.25, 0.3) is 0 Å². The van der Waals surface area contributed by atoms with Crippen LogP contribution >= 0.6 is 11.6 Å². The molecule has 0 radical (unpaired) electrons. The first-order valence-corrected chi connectivity index (χ1v) is 6.34. The Morgan fingerprint density at radius 2 is 2.29 bits per heavy atom. The highest BCUT2D eigenvalue weighted by molar-refractivity contribution is 6.30. The van der Waals surface area contributed by atoms with E-state index < -0.39 is 0 Å². The molecule has 1 rings (SSSR count). The molecule has 0 saturated heterocycles. The van der Waals surface area contributed by atoms with Crippen molar-refractivity contribution in [2.75, 3.05) is 6.54 Å². The van der Waals surface area contributed by atoms with Crippen molar-refractivity contribution >= 4 is 11.6 Å². The van der Waals surface area contributed by atoms with Gasteiger partial charge in [0.2, 0.25) is 0 Å². The number of halogens is 2. The van der Waals surface area contributed by atoms with Gasteiger partial charge in [0, 0.05) is 6.04 Å². The third-order valence-electron chi connectivity index (χ3n) is 2.63. The summed E-state index contributed by atoms with van der Waals surface area (Å²) in [5.41, 5.74) is 0.660. The van der Waals surface area contributed by atoms with Gasteiger partial charge < -0.3 is 5.32 Å². The number of rotatable bonds is 7. The van der Waals surface area contributed by atoms with Crippen LogP contribution in [0.5, 0.6) is 0 Å². The molecule has 1 aromatic rings. The Balaban J connectivity index is 2.70. The second-order valence-corrected chi connectivity index (χ2v) is 4.50. The highest BCUT2D eigenvalue weighted by Crippen LogP contribution is 2.19. The molecule has 1 aromatic carbocycles. The zero-order valence-electron chi connectivity index (χ0n) is 10.2. The van der Waals surface area contributed by atoms with Gasteiger partial charge in [-0.2, -0.15) is 0 Å². The molecular weight excluding hydrogens is 237 g/mol. The Bertz CT molecular complexity index is 365. The Hall–Kier alpha value is -0.860. The lowest BCUT2D eigenvalue weighted by atomic mass is 10.0. The van der Waals surface area contributed by atoms with E-state index in [4.69, 9.17) is 11.6 Å². The smallest absolute Gasteiger partial charge is 0.145 e. The van der Waals surface area contributed by atoms with Crippen molar-refractivity contribution < 1.29 is 4.39 Å². The summed E-state index contributed by atoms with van der Waals surface area (Å²) in [6.45, 7) is 6.77.